The van der Waals surface area contributed by atoms with Crippen LogP contribution in [0.3, 0.4) is 0 Å². The summed E-state index contributed by atoms with van der Waals surface area (Å²) in [5.41, 5.74) is 2.53. The molecule has 2 aromatic rings. The van der Waals surface area contributed by atoms with Gasteiger partial charge in [0, 0.05) is 17.1 Å². The molecule has 0 aliphatic carbocycles. The van der Waals surface area contributed by atoms with Crippen LogP contribution in [0.25, 0.3) is 0 Å². The minimum absolute atomic E-state index is 0.212. The maximum absolute atomic E-state index is 5.65. The van der Waals surface area contributed by atoms with Gasteiger partial charge in [-0.05, 0) is 50.1 Å². The average Bonchev–Trinajstić information content (AvgIpc) is 2.46. The van der Waals surface area contributed by atoms with Crippen molar-refractivity contribution in [3.63, 3.8) is 0 Å². The Hall–Kier alpha value is -1.32. The van der Waals surface area contributed by atoms with Crippen LogP contribution < -0.4 is 10.1 Å². The van der Waals surface area contributed by atoms with Crippen molar-refractivity contribution in [3.05, 3.63) is 64.1 Å². The van der Waals surface area contributed by atoms with Crippen LogP contribution in [0.15, 0.2) is 53.0 Å². The highest BCUT2D eigenvalue weighted by Crippen LogP contribution is 2.23. The van der Waals surface area contributed by atoms with E-state index in [-0.39, 0.29) is 6.10 Å². The maximum Gasteiger partial charge on any atom is 0.119 e. The molecule has 0 aliphatic rings. The van der Waals surface area contributed by atoms with Gasteiger partial charge in [0.15, 0.2) is 0 Å². The van der Waals surface area contributed by atoms with Crippen LogP contribution in [-0.2, 0) is 6.54 Å². The zero-order valence-corrected chi connectivity index (χ0v) is 14.4. The van der Waals surface area contributed by atoms with E-state index in [1.807, 2.05) is 32.0 Å². The molecule has 0 spiro atoms. The Balaban J connectivity index is 1.92. The zero-order chi connectivity index (χ0) is 15.2. The number of benzene rings is 2. The molecule has 1 N–H and O–H groups in total. The maximum atomic E-state index is 5.65. The highest BCUT2D eigenvalue weighted by molar-refractivity contribution is 9.10. The standard InChI is InChI=1S/C18H22BrNO/c1-13(2)21-16-10-8-15(9-11-16)12-20-14(3)17-6-4-5-7-18(17)19/h4-11,13-14,20H,12H2,1-3H3/t14-/m0/s1. The van der Waals surface area contributed by atoms with E-state index < -0.39 is 0 Å². The summed E-state index contributed by atoms with van der Waals surface area (Å²) in [6, 6.07) is 16.9. The molecule has 0 aromatic heterocycles. The molecule has 1 atom stereocenters. The lowest BCUT2D eigenvalue weighted by Crippen LogP contribution is -2.18. The summed E-state index contributed by atoms with van der Waals surface area (Å²) in [6.45, 7) is 7.09. The molecular weight excluding hydrogens is 326 g/mol. The highest BCUT2D eigenvalue weighted by atomic mass is 79.9. The molecule has 0 unspecified atom stereocenters. The van der Waals surface area contributed by atoms with E-state index in [0.717, 1.165) is 16.8 Å². The van der Waals surface area contributed by atoms with E-state index in [0.29, 0.717) is 6.04 Å². The van der Waals surface area contributed by atoms with Crippen LogP contribution in [0, 0.1) is 0 Å². The number of hydrogen-bond donors (Lipinski definition) is 1. The Kier molecular flexibility index (Phi) is 5.83. The Morgan fingerprint density at radius 3 is 2.29 bits per heavy atom. The molecule has 0 bridgehead atoms. The predicted molar refractivity (Wildman–Crippen MR) is 91.6 cm³/mol. The van der Waals surface area contributed by atoms with Crippen molar-refractivity contribution in [2.24, 2.45) is 0 Å². The van der Waals surface area contributed by atoms with Gasteiger partial charge in [0.1, 0.15) is 5.75 Å². The molecular formula is C18H22BrNO. The highest BCUT2D eigenvalue weighted by Gasteiger charge is 2.08. The van der Waals surface area contributed by atoms with E-state index >= 15 is 0 Å². The lowest BCUT2D eigenvalue weighted by molar-refractivity contribution is 0.242. The van der Waals surface area contributed by atoms with Crippen LogP contribution in [0.2, 0.25) is 0 Å². The van der Waals surface area contributed by atoms with Crippen molar-refractivity contribution in [1.29, 1.82) is 0 Å². The van der Waals surface area contributed by atoms with E-state index in [1.165, 1.54) is 11.1 Å². The molecule has 21 heavy (non-hydrogen) atoms. The number of rotatable bonds is 6. The van der Waals surface area contributed by atoms with Crippen molar-refractivity contribution in [1.82, 2.24) is 5.32 Å². The molecule has 0 saturated heterocycles. The molecule has 0 saturated carbocycles. The third-order valence-electron chi connectivity index (χ3n) is 3.28. The molecule has 2 aromatic carbocycles. The quantitative estimate of drug-likeness (QED) is 0.785. The first-order valence-electron chi connectivity index (χ1n) is 7.29. The molecule has 0 fully saturated rings. The molecule has 2 nitrogen and oxygen atoms in total. The Bertz CT molecular complexity index is 566. The topological polar surface area (TPSA) is 21.3 Å². The van der Waals surface area contributed by atoms with Gasteiger partial charge in [-0.15, -0.1) is 0 Å². The third-order valence-corrected chi connectivity index (χ3v) is 4.00. The number of halogens is 1. The summed E-state index contributed by atoms with van der Waals surface area (Å²) in [7, 11) is 0. The van der Waals surface area contributed by atoms with Crippen LogP contribution >= 0.6 is 15.9 Å². The SMILES string of the molecule is CC(C)Oc1ccc(CN[C@@H](C)c2ccccc2Br)cc1. The fourth-order valence-corrected chi connectivity index (χ4v) is 2.79. The lowest BCUT2D eigenvalue weighted by Gasteiger charge is -2.16. The van der Waals surface area contributed by atoms with Gasteiger partial charge < -0.3 is 10.1 Å². The second-order valence-corrected chi connectivity index (χ2v) is 6.29. The summed E-state index contributed by atoms with van der Waals surface area (Å²) in [5, 5.41) is 3.55. The van der Waals surface area contributed by atoms with Crippen molar-refractivity contribution < 1.29 is 4.74 Å². The zero-order valence-electron chi connectivity index (χ0n) is 12.8. The van der Waals surface area contributed by atoms with E-state index in [1.54, 1.807) is 0 Å². The monoisotopic (exact) mass is 347 g/mol. The van der Waals surface area contributed by atoms with E-state index in [4.69, 9.17) is 4.74 Å². The second-order valence-electron chi connectivity index (χ2n) is 5.43. The minimum Gasteiger partial charge on any atom is -0.491 e. The van der Waals surface area contributed by atoms with Gasteiger partial charge in [0.2, 0.25) is 0 Å². The molecule has 0 aliphatic heterocycles. The molecule has 0 radical (unpaired) electrons. The average molecular weight is 348 g/mol. The second kappa shape index (κ2) is 7.62. The van der Waals surface area contributed by atoms with Gasteiger partial charge in [0.05, 0.1) is 6.10 Å². The molecule has 0 heterocycles. The molecule has 3 heteroatoms. The first-order valence-corrected chi connectivity index (χ1v) is 8.09. The Labute approximate surface area is 135 Å². The van der Waals surface area contributed by atoms with Crippen molar-refractivity contribution in [3.8, 4) is 5.75 Å². The van der Waals surface area contributed by atoms with Crippen molar-refractivity contribution in [2.45, 2.75) is 39.5 Å². The predicted octanol–water partition coefficient (Wildman–Crippen LogP) is 5.09. The smallest absolute Gasteiger partial charge is 0.119 e. The first-order chi connectivity index (χ1) is 10.1. The first kappa shape index (κ1) is 16.1. The van der Waals surface area contributed by atoms with Crippen molar-refractivity contribution >= 4 is 15.9 Å². The van der Waals surface area contributed by atoms with Gasteiger partial charge in [-0.25, -0.2) is 0 Å². The lowest BCUT2D eigenvalue weighted by atomic mass is 10.1. The van der Waals surface area contributed by atoms with Crippen LogP contribution in [0.1, 0.15) is 37.9 Å². The Morgan fingerprint density at radius 2 is 1.67 bits per heavy atom. The van der Waals surface area contributed by atoms with Gasteiger partial charge in [-0.1, -0.05) is 46.3 Å². The summed E-state index contributed by atoms with van der Waals surface area (Å²) in [6.07, 6.45) is 0.212. The fraction of sp³-hybridized carbons (Fsp3) is 0.333. The summed E-state index contributed by atoms with van der Waals surface area (Å²) < 4.78 is 6.80. The Morgan fingerprint density at radius 1 is 1.00 bits per heavy atom. The van der Waals surface area contributed by atoms with Crippen LogP contribution in [0.5, 0.6) is 5.75 Å². The van der Waals surface area contributed by atoms with Gasteiger partial charge in [0.25, 0.3) is 0 Å². The molecule has 2 rings (SSSR count). The third kappa shape index (κ3) is 4.87. The summed E-state index contributed by atoms with van der Waals surface area (Å²) >= 11 is 3.60. The van der Waals surface area contributed by atoms with Crippen molar-refractivity contribution in [2.75, 3.05) is 0 Å². The van der Waals surface area contributed by atoms with E-state index in [9.17, 15) is 0 Å². The molecule has 0 amide bonds. The number of nitrogens with one attached hydrogen (secondary N) is 1. The van der Waals surface area contributed by atoms with E-state index in [2.05, 4.69) is 58.5 Å². The summed E-state index contributed by atoms with van der Waals surface area (Å²) in [4.78, 5) is 0. The normalized spacial score (nSPS) is 12.4. The van der Waals surface area contributed by atoms with Crippen LogP contribution in [-0.4, -0.2) is 6.10 Å². The summed E-state index contributed by atoms with van der Waals surface area (Å²) in [5.74, 6) is 0.924. The molecule has 112 valence electrons. The largest absolute Gasteiger partial charge is 0.491 e. The fourth-order valence-electron chi connectivity index (χ4n) is 2.17. The number of hydrogen-bond acceptors (Lipinski definition) is 2. The van der Waals surface area contributed by atoms with Gasteiger partial charge in [-0.3, -0.25) is 0 Å². The van der Waals surface area contributed by atoms with Gasteiger partial charge >= 0.3 is 0 Å². The van der Waals surface area contributed by atoms with Crippen LogP contribution in [0.4, 0.5) is 0 Å². The minimum atomic E-state index is 0.212. The number of ether oxygens (including phenoxy) is 1. The van der Waals surface area contributed by atoms with Gasteiger partial charge in [-0.2, -0.15) is 0 Å².